The number of anilines is 1. The van der Waals surface area contributed by atoms with Crippen molar-refractivity contribution >= 4 is 49.0 Å². The zero-order valence-electron chi connectivity index (χ0n) is 20.2. The van der Waals surface area contributed by atoms with Crippen molar-refractivity contribution < 1.29 is 22.4 Å². The van der Waals surface area contributed by atoms with Gasteiger partial charge < -0.3 is 15.1 Å². The maximum absolute atomic E-state index is 13.3. The zero-order chi connectivity index (χ0) is 24.9. The van der Waals surface area contributed by atoms with Crippen molar-refractivity contribution in [1.29, 1.82) is 0 Å². The van der Waals surface area contributed by atoms with Gasteiger partial charge in [0.15, 0.2) is 9.84 Å². The molecule has 1 aliphatic carbocycles. The molecule has 2 N–H and O–H groups in total. The zero-order valence-corrected chi connectivity index (χ0v) is 21.8. The number of aryl methyl sites for hydroxylation is 2. The first-order valence-electron chi connectivity index (χ1n) is 12.0. The molecule has 2 aromatic heterocycles. The average Bonchev–Trinajstić information content (AvgIpc) is 3.42. The second-order valence-corrected chi connectivity index (χ2v) is 13.4. The lowest BCUT2D eigenvalue weighted by Crippen LogP contribution is -2.36. The lowest BCUT2D eigenvalue weighted by atomic mass is 9.88. The summed E-state index contributed by atoms with van der Waals surface area (Å²) in [6.07, 6.45) is 4.82. The quantitative estimate of drug-likeness (QED) is 0.527. The third kappa shape index (κ3) is 4.89. The van der Waals surface area contributed by atoms with Gasteiger partial charge >= 0.3 is 0 Å². The van der Waals surface area contributed by atoms with E-state index in [1.807, 2.05) is 19.9 Å². The number of nitrogens with one attached hydrogen (secondary N) is 2. The van der Waals surface area contributed by atoms with Crippen molar-refractivity contribution in [3.63, 3.8) is 0 Å². The number of rotatable bonds is 5. The van der Waals surface area contributed by atoms with Crippen LogP contribution in [0.25, 0.3) is 11.0 Å². The first-order valence-corrected chi connectivity index (χ1v) is 14.7. The number of carbonyl (C=O) groups is 2. The molecule has 35 heavy (non-hydrogen) atoms. The van der Waals surface area contributed by atoms with Crippen LogP contribution >= 0.6 is 11.3 Å². The van der Waals surface area contributed by atoms with Gasteiger partial charge in [0.2, 0.25) is 5.91 Å². The molecule has 9 heteroatoms. The molecular weight excluding hydrogens is 484 g/mol. The van der Waals surface area contributed by atoms with E-state index in [1.54, 1.807) is 6.26 Å². The summed E-state index contributed by atoms with van der Waals surface area (Å²) in [6, 6.07) is 3.64. The minimum absolute atomic E-state index is 0.0316. The van der Waals surface area contributed by atoms with E-state index in [1.165, 1.54) is 11.3 Å². The third-order valence-electron chi connectivity index (χ3n) is 7.00. The number of hydrogen-bond acceptors (Lipinski definition) is 6. The predicted molar refractivity (Wildman–Crippen MR) is 138 cm³/mol. The first kappa shape index (κ1) is 24.1. The summed E-state index contributed by atoms with van der Waals surface area (Å²) in [6.45, 7) is 6.21. The van der Waals surface area contributed by atoms with E-state index in [2.05, 4.69) is 23.6 Å². The van der Waals surface area contributed by atoms with Gasteiger partial charge in [-0.2, -0.15) is 0 Å². The largest absolute Gasteiger partial charge is 0.464 e. The highest BCUT2D eigenvalue weighted by atomic mass is 32.2. The SMILES string of the molecule is Cc1cc(C)c2c(CC(=O)Nc3sc4c(c3C(=O)NC3CCS(=O)(=O)C3)CCC(C)C4)coc2c1. The van der Waals surface area contributed by atoms with Crippen LogP contribution in [0.15, 0.2) is 22.8 Å². The van der Waals surface area contributed by atoms with Crippen molar-refractivity contribution in [2.75, 3.05) is 16.8 Å². The maximum Gasteiger partial charge on any atom is 0.254 e. The second kappa shape index (κ2) is 9.09. The Morgan fingerprint density at radius 2 is 2.00 bits per heavy atom. The number of amides is 2. The Morgan fingerprint density at radius 3 is 2.74 bits per heavy atom. The topological polar surface area (TPSA) is 105 Å². The molecule has 186 valence electrons. The van der Waals surface area contributed by atoms with E-state index in [-0.39, 0.29) is 29.7 Å². The summed E-state index contributed by atoms with van der Waals surface area (Å²) < 4.78 is 29.4. The van der Waals surface area contributed by atoms with E-state index in [0.717, 1.165) is 57.4 Å². The van der Waals surface area contributed by atoms with Gasteiger partial charge in [-0.3, -0.25) is 9.59 Å². The number of carbonyl (C=O) groups excluding carboxylic acids is 2. The van der Waals surface area contributed by atoms with Crippen LogP contribution in [-0.4, -0.2) is 37.8 Å². The highest BCUT2D eigenvalue weighted by Crippen LogP contribution is 2.40. The van der Waals surface area contributed by atoms with Crippen molar-refractivity contribution in [2.45, 2.75) is 58.9 Å². The molecule has 1 aromatic carbocycles. The summed E-state index contributed by atoms with van der Waals surface area (Å²) in [7, 11) is -3.11. The molecule has 1 aliphatic heterocycles. The highest BCUT2D eigenvalue weighted by molar-refractivity contribution is 7.91. The molecule has 0 spiro atoms. The number of fused-ring (bicyclic) bond motifs is 2. The number of thiophene rings is 1. The molecule has 1 fully saturated rings. The van der Waals surface area contributed by atoms with E-state index in [9.17, 15) is 18.0 Å². The molecule has 3 aromatic rings. The lowest BCUT2D eigenvalue weighted by molar-refractivity contribution is -0.115. The molecule has 7 nitrogen and oxygen atoms in total. The van der Waals surface area contributed by atoms with Crippen LogP contribution in [0.2, 0.25) is 0 Å². The van der Waals surface area contributed by atoms with E-state index >= 15 is 0 Å². The van der Waals surface area contributed by atoms with Crippen LogP contribution in [0.3, 0.4) is 0 Å². The Kier molecular flexibility index (Phi) is 6.25. The lowest BCUT2D eigenvalue weighted by Gasteiger charge is -2.19. The fourth-order valence-corrected chi connectivity index (χ4v) is 8.44. The van der Waals surface area contributed by atoms with Gasteiger partial charge in [-0.05, 0) is 68.2 Å². The van der Waals surface area contributed by atoms with Gasteiger partial charge in [-0.1, -0.05) is 13.0 Å². The molecule has 0 bridgehead atoms. The molecule has 1 saturated heterocycles. The fourth-order valence-electron chi connectivity index (χ4n) is 5.35. The average molecular weight is 515 g/mol. The molecule has 2 unspecified atom stereocenters. The Morgan fingerprint density at radius 1 is 1.20 bits per heavy atom. The molecular formula is C26H30N2O5S2. The predicted octanol–water partition coefficient (Wildman–Crippen LogP) is 4.33. The van der Waals surface area contributed by atoms with Crippen molar-refractivity contribution in [3.05, 3.63) is 51.1 Å². The van der Waals surface area contributed by atoms with Gasteiger partial charge in [0.1, 0.15) is 10.6 Å². The molecule has 0 saturated carbocycles. The second-order valence-electron chi connectivity index (χ2n) is 10.1. The summed E-state index contributed by atoms with van der Waals surface area (Å²) in [5.41, 5.74) is 5.22. The van der Waals surface area contributed by atoms with Gasteiger partial charge in [0, 0.05) is 21.9 Å². The van der Waals surface area contributed by atoms with Crippen LogP contribution in [0.5, 0.6) is 0 Å². The van der Waals surface area contributed by atoms with Gasteiger partial charge in [0.05, 0.1) is 29.8 Å². The highest BCUT2D eigenvalue weighted by Gasteiger charge is 2.33. The molecule has 0 radical (unpaired) electrons. The van der Waals surface area contributed by atoms with Crippen molar-refractivity contribution in [1.82, 2.24) is 5.32 Å². The van der Waals surface area contributed by atoms with Crippen molar-refractivity contribution in [2.24, 2.45) is 5.92 Å². The third-order valence-corrected chi connectivity index (χ3v) is 9.94. The first-order chi connectivity index (χ1) is 16.6. The summed E-state index contributed by atoms with van der Waals surface area (Å²) >= 11 is 1.47. The Bertz CT molecular complexity index is 1430. The molecule has 2 aliphatic rings. The van der Waals surface area contributed by atoms with Gasteiger partial charge in [-0.15, -0.1) is 11.3 Å². The van der Waals surface area contributed by atoms with Crippen LogP contribution in [0, 0.1) is 19.8 Å². The molecule has 2 atom stereocenters. The minimum atomic E-state index is -3.11. The van der Waals surface area contributed by atoms with Crippen LogP contribution in [-0.2, 0) is 33.9 Å². The van der Waals surface area contributed by atoms with E-state index in [0.29, 0.717) is 22.9 Å². The van der Waals surface area contributed by atoms with Gasteiger partial charge in [0.25, 0.3) is 5.91 Å². The number of furan rings is 1. The molecule has 5 rings (SSSR count). The summed E-state index contributed by atoms with van der Waals surface area (Å²) in [5, 5.41) is 7.41. The summed E-state index contributed by atoms with van der Waals surface area (Å²) in [4.78, 5) is 27.6. The van der Waals surface area contributed by atoms with Crippen LogP contribution < -0.4 is 10.6 Å². The Balaban J connectivity index is 1.40. The van der Waals surface area contributed by atoms with Gasteiger partial charge in [-0.25, -0.2) is 8.42 Å². The minimum Gasteiger partial charge on any atom is -0.464 e. The van der Waals surface area contributed by atoms with Crippen LogP contribution in [0.4, 0.5) is 5.00 Å². The number of benzene rings is 1. The summed E-state index contributed by atoms with van der Waals surface area (Å²) in [5.74, 6) is 0.0739. The standard InChI is InChI=1S/C26H30N2O5S2/c1-14-4-5-19-21(10-14)34-26(24(19)25(30)27-18-6-7-35(31,32)13-18)28-22(29)11-17-12-33-20-9-15(2)8-16(3)23(17)20/h8-9,12,14,18H,4-7,10-11,13H2,1-3H3,(H,27,30)(H,28,29). The van der Waals surface area contributed by atoms with Crippen molar-refractivity contribution in [3.8, 4) is 0 Å². The molecule has 3 heterocycles. The van der Waals surface area contributed by atoms with E-state index < -0.39 is 15.9 Å². The number of hydrogen-bond donors (Lipinski definition) is 2. The van der Waals surface area contributed by atoms with E-state index in [4.69, 9.17) is 4.42 Å². The van der Waals surface area contributed by atoms with Crippen LogP contribution in [0.1, 0.15) is 57.3 Å². The molecule has 2 amide bonds. The smallest absolute Gasteiger partial charge is 0.254 e. The normalized spacial score (nSPS) is 21.1. The maximum atomic E-state index is 13.3. The Labute approximate surface area is 209 Å². The monoisotopic (exact) mass is 514 g/mol. The Hall–Kier alpha value is -2.65. The number of sulfone groups is 1. The fraction of sp³-hybridized carbons (Fsp3) is 0.462.